The van der Waals surface area contributed by atoms with Gasteiger partial charge in [-0.05, 0) is 48.0 Å². The fraction of sp³-hybridized carbons (Fsp3) is 0.368. The second-order valence-electron chi connectivity index (χ2n) is 6.46. The number of nitrogens with zero attached hydrogens (tertiary/aromatic N) is 2. The molecule has 0 unspecified atom stereocenters. The first kappa shape index (κ1) is 17.2. The predicted octanol–water partition coefficient (Wildman–Crippen LogP) is 2.14. The number of anilines is 1. The number of rotatable bonds is 4. The van der Waals surface area contributed by atoms with E-state index in [1.54, 1.807) is 29.6 Å². The first-order valence-corrected chi connectivity index (χ1v) is 10.2. The number of methoxy groups -OCH3 is 1. The number of fused-ring (bicyclic) bond motifs is 1. The smallest absolute Gasteiger partial charge is 0.243 e. The van der Waals surface area contributed by atoms with Crippen molar-refractivity contribution in [2.45, 2.75) is 11.3 Å². The summed E-state index contributed by atoms with van der Waals surface area (Å²) in [7, 11) is -1.83. The van der Waals surface area contributed by atoms with Crippen LogP contribution in [0.4, 0.5) is 5.69 Å². The lowest BCUT2D eigenvalue weighted by Gasteiger charge is -2.35. The van der Waals surface area contributed by atoms with Crippen LogP contribution >= 0.6 is 0 Å². The summed E-state index contributed by atoms with van der Waals surface area (Å²) in [6.45, 7) is 2.91. The van der Waals surface area contributed by atoms with Crippen LogP contribution in [-0.2, 0) is 16.4 Å². The zero-order valence-electron chi connectivity index (χ0n) is 14.7. The predicted molar refractivity (Wildman–Crippen MR) is 99.6 cm³/mol. The molecule has 1 saturated heterocycles. The summed E-state index contributed by atoms with van der Waals surface area (Å²) in [5.74, 6) is 1.61. The van der Waals surface area contributed by atoms with Crippen molar-refractivity contribution < 1.29 is 17.9 Å². The van der Waals surface area contributed by atoms with E-state index in [1.165, 1.54) is 0 Å². The van der Waals surface area contributed by atoms with Gasteiger partial charge in [-0.25, -0.2) is 8.42 Å². The molecule has 6 nitrogen and oxygen atoms in total. The van der Waals surface area contributed by atoms with E-state index in [-0.39, 0.29) is 0 Å². The molecular weight excluding hydrogens is 352 g/mol. The number of piperazine rings is 1. The summed E-state index contributed by atoms with van der Waals surface area (Å²) in [5, 5.41) is 0. The third-order valence-electron chi connectivity index (χ3n) is 4.97. The maximum Gasteiger partial charge on any atom is 0.243 e. The van der Waals surface area contributed by atoms with Gasteiger partial charge < -0.3 is 14.4 Å². The van der Waals surface area contributed by atoms with Gasteiger partial charge in [0.1, 0.15) is 11.5 Å². The topological polar surface area (TPSA) is 59.1 Å². The number of hydrogen-bond donors (Lipinski definition) is 0. The Balaban J connectivity index is 1.46. The lowest BCUT2D eigenvalue weighted by molar-refractivity contribution is 0.356. The maximum absolute atomic E-state index is 13.0. The lowest BCUT2D eigenvalue weighted by atomic mass is 10.2. The summed E-state index contributed by atoms with van der Waals surface area (Å²) < 4.78 is 38.2. The van der Waals surface area contributed by atoms with E-state index in [2.05, 4.69) is 4.90 Å². The largest absolute Gasteiger partial charge is 0.497 e. The Morgan fingerprint density at radius 1 is 1.00 bits per heavy atom. The van der Waals surface area contributed by atoms with Crippen molar-refractivity contribution in [3.8, 4) is 11.5 Å². The average molecular weight is 374 g/mol. The summed E-state index contributed by atoms with van der Waals surface area (Å²) >= 11 is 0. The molecule has 2 aliphatic heterocycles. The van der Waals surface area contributed by atoms with Gasteiger partial charge in [-0.1, -0.05) is 0 Å². The monoisotopic (exact) mass is 374 g/mol. The molecule has 0 radical (unpaired) electrons. The molecular formula is C19H22N2O4S. The van der Waals surface area contributed by atoms with Crippen molar-refractivity contribution in [3.05, 3.63) is 48.0 Å². The minimum Gasteiger partial charge on any atom is -0.497 e. The molecule has 0 bridgehead atoms. The molecule has 7 heteroatoms. The molecule has 0 amide bonds. The van der Waals surface area contributed by atoms with Gasteiger partial charge in [0.25, 0.3) is 0 Å². The third-order valence-corrected chi connectivity index (χ3v) is 6.87. The number of hydrogen-bond acceptors (Lipinski definition) is 5. The Morgan fingerprint density at radius 2 is 1.73 bits per heavy atom. The van der Waals surface area contributed by atoms with Crippen molar-refractivity contribution >= 4 is 15.7 Å². The average Bonchev–Trinajstić information content (AvgIpc) is 3.16. The molecule has 0 spiro atoms. The highest BCUT2D eigenvalue weighted by atomic mass is 32.2. The fourth-order valence-electron chi connectivity index (χ4n) is 3.45. The van der Waals surface area contributed by atoms with Gasteiger partial charge in [-0.2, -0.15) is 4.31 Å². The molecule has 0 N–H and O–H groups in total. The van der Waals surface area contributed by atoms with E-state index in [0.29, 0.717) is 37.7 Å². The van der Waals surface area contributed by atoms with Gasteiger partial charge in [-0.15, -0.1) is 0 Å². The first-order chi connectivity index (χ1) is 12.6. The summed E-state index contributed by atoms with van der Waals surface area (Å²) in [4.78, 5) is 2.56. The quantitative estimate of drug-likeness (QED) is 0.821. The van der Waals surface area contributed by atoms with E-state index in [9.17, 15) is 8.42 Å². The van der Waals surface area contributed by atoms with Crippen LogP contribution in [0.1, 0.15) is 5.56 Å². The van der Waals surface area contributed by atoms with Crippen LogP contribution in [0.3, 0.4) is 0 Å². The van der Waals surface area contributed by atoms with Crippen LogP contribution in [-0.4, -0.2) is 52.6 Å². The molecule has 0 aromatic heterocycles. The van der Waals surface area contributed by atoms with Gasteiger partial charge in [0.15, 0.2) is 0 Å². The normalized spacial score (nSPS) is 17.7. The summed E-state index contributed by atoms with van der Waals surface area (Å²) in [6, 6.07) is 13.0. The van der Waals surface area contributed by atoms with E-state index in [0.717, 1.165) is 29.2 Å². The van der Waals surface area contributed by atoms with Crippen LogP contribution in [0.15, 0.2) is 47.4 Å². The van der Waals surface area contributed by atoms with Crippen molar-refractivity contribution in [2.24, 2.45) is 0 Å². The summed E-state index contributed by atoms with van der Waals surface area (Å²) in [6.07, 6.45) is 0.768. The minimum absolute atomic E-state index is 0.361. The molecule has 2 aromatic carbocycles. The SMILES string of the molecule is COc1ccc(N2CCN(S(=O)(=O)c3ccc4c(c3)CCO4)CC2)cc1. The van der Waals surface area contributed by atoms with Crippen LogP contribution < -0.4 is 14.4 Å². The van der Waals surface area contributed by atoms with Gasteiger partial charge in [0.05, 0.1) is 18.6 Å². The highest BCUT2D eigenvalue weighted by Crippen LogP contribution is 2.29. The van der Waals surface area contributed by atoms with Gasteiger partial charge >= 0.3 is 0 Å². The Morgan fingerprint density at radius 3 is 2.42 bits per heavy atom. The van der Waals surface area contributed by atoms with E-state index >= 15 is 0 Å². The molecule has 0 aliphatic carbocycles. The van der Waals surface area contributed by atoms with Crippen LogP contribution in [0, 0.1) is 0 Å². The highest BCUT2D eigenvalue weighted by molar-refractivity contribution is 7.89. The van der Waals surface area contributed by atoms with E-state index < -0.39 is 10.0 Å². The molecule has 2 aromatic rings. The standard InChI is InChI=1S/C19H22N2O4S/c1-24-17-4-2-16(3-5-17)20-9-11-21(12-10-20)26(22,23)18-6-7-19-15(14-18)8-13-25-19/h2-7,14H,8-13H2,1H3. The number of benzene rings is 2. The molecule has 0 atom stereocenters. The zero-order valence-corrected chi connectivity index (χ0v) is 15.5. The Labute approximate surface area is 154 Å². The Kier molecular flexibility index (Phi) is 4.50. The number of sulfonamides is 1. The van der Waals surface area contributed by atoms with Gasteiger partial charge in [0, 0.05) is 38.3 Å². The van der Waals surface area contributed by atoms with Crippen molar-refractivity contribution in [2.75, 3.05) is 44.8 Å². The molecule has 2 aliphatic rings. The molecule has 2 heterocycles. The Bertz CT molecular complexity index is 888. The fourth-order valence-corrected chi connectivity index (χ4v) is 4.93. The minimum atomic E-state index is -3.47. The lowest BCUT2D eigenvalue weighted by Crippen LogP contribution is -2.48. The summed E-state index contributed by atoms with van der Waals surface area (Å²) in [5.41, 5.74) is 2.06. The zero-order chi connectivity index (χ0) is 18.1. The van der Waals surface area contributed by atoms with Crippen LogP contribution in [0.25, 0.3) is 0 Å². The third kappa shape index (κ3) is 3.12. The second-order valence-corrected chi connectivity index (χ2v) is 8.40. The second kappa shape index (κ2) is 6.81. The Hall–Kier alpha value is -2.25. The molecule has 1 fully saturated rings. The van der Waals surface area contributed by atoms with Crippen molar-refractivity contribution in [1.82, 2.24) is 4.31 Å². The van der Waals surface area contributed by atoms with Gasteiger partial charge in [0.2, 0.25) is 10.0 Å². The molecule has 138 valence electrons. The van der Waals surface area contributed by atoms with Crippen LogP contribution in [0.2, 0.25) is 0 Å². The van der Waals surface area contributed by atoms with E-state index in [1.807, 2.05) is 24.3 Å². The van der Waals surface area contributed by atoms with Gasteiger partial charge in [-0.3, -0.25) is 0 Å². The molecule has 26 heavy (non-hydrogen) atoms. The maximum atomic E-state index is 13.0. The highest BCUT2D eigenvalue weighted by Gasteiger charge is 2.29. The van der Waals surface area contributed by atoms with Crippen molar-refractivity contribution in [3.63, 3.8) is 0 Å². The first-order valence-electron chi connectivity index (χ1n) is 8.73. The molecule has 0 saturated carbocycles. The van der Waals surface area contributed by atoms with E-state index in [4.69, 9.17) is 9.47 Å². The molecule has 4 rings (SSSR count). The van der Waals surface area contributed by atoms with Crippen molar-refractivity contribution in [1.29, 1.82) is 0 Å². The van der Waals surface area contributed by atoms with Crippen LogP contribution in [0.5, 0.6) is 11.5 Å². The number of ether oxygens (including phenoxy) is 2.